The Labute approximate surface area is 212 Å². The zero-order chi connectivity index (χ0) is 26.6. The van der Waals surface area contributed by atoms with Gasteiger partial charge in [-0.25, -0.2) is 22.8 Å². The van der Waals surface area contributed by atoms with Crippen LogP contribution in [0.4, 0.5) is 23.7 Å². The molecule has 2 N–H and O–H groups in total. The van der Waals surface area contributed by atoms with Gasteiger partial charge in [0.25, 0.3) is 5.92 Å². The van der Waals surface area contributed by atoms with Crippen molar-refractivity contribution in [2.75, 3.05) is 25.0 Å². The summed E-state index contributed by atoms with van der Waals surface area (Å²) >= 11 is 0. The molecule has 2 saturated heterocycles. The van der Waals surface area contributed by atoms with Crippen LogP contribution in [0.3, 0.4) is 0 Å². The summed E-state index contributed by atoms with van der Waals surface area (Å²) in [7, 11) is 0. The molecule has 198 valence electrons. The summed E-state index contributed by atoms with van der Waals surface area (Å²) in [4.78, 5) is 39.6. The molecule has 0 bridgehead atoms. The van der Waals surface area contributed by atoms with E-state index in [1.807, 2.05) is 4.90 Å². The fourth-order valence-electron chi connectivity index (χ4n) is 4.64. The lowest BCUT2D eigenvalue weighted by Crippen LogP contribution is -2.46. The molecule has 4 rings (SSSR count). The van der Waals surface area contributed by atoms with E-state index in [-0.39, 0.29) is 69.7 Å². The third-order valence-electron chi connectivity index (χ3n) is 6.72. The van der Waals surface area contributed by atoms with Crippen LogP contribution in [0.1, 0.15) is 30.4 Å². The second kappa shape index (κ2) is 11.2. The lowest BCUT2D eigenvalue weighted by Gasteiger charge is -2.35. The third kappa shape index (κ3) is 7.00. The van der Waals surface area contributed by atoms with Gasteiger partial charge in [0.15, 0.2) is 0 Å². The van der Waals surface area contributed by atoms with E-state index in [0.29, 0.717) is 16.8 Å². The maximum absolute atomic E-state index is 13.5. The fourth-order valence-corrected chi connectivity index (χ4v) is 4.64. The molecule has 0 saturated carbocycles. The van der Waals surface area contributed by atoms with E-state index in [2.05, 4.69) is 5.32 Å². The average Bonchev–Trinajstić information content (AvgIpc) is 3.31. The molecule has 2 fully saturated rings. The molecule has 0 aliphatic carbocycles. The van der Waals surface area contributed by atoms with E-state index < -0.39 is 24.0 Å². The Morgan fingerprint density at radius 3 is 2.24 bits per heavy atom. The van der Waals surface area contributed by atoms with Gasteiger partial charge < -0.3 is 15.2 Å². The number of anilines is 1. The summed E-state index contributed by atoms with van der Waals surface area (Å²) in [5, 5.41) is 12.3. The number of carbonyl (C=O) groups is 3. The maximum Gasteiger partial charge on any atom is 0.410 e. The highest BCUT2D eigenvalue weighted by atomic mass is 19.3. The van der Waals surface area contributed by atoms with Crippen molar-refractivity contribution in [1.82, 2.24) is 9.80 Å². The number of aliphatic carboxylic acids is 1. The Morgan fingerprint density at radius 2 is 1.62 bits per heavy atom. The molecule has 2 aliphatic heterocycles. The first-order valence-corrected chi connectivity index (χ1v) is 12.0. The number of carboxylic acid groups (broad SMARTS) is 1. The first-order chi connectivity index (χ1) is 17.6. The molecule has 0 aromatic heterocycles. The predicted molar refractivity (Wildman–Crippen MR) is 128 cm³/mol. The smallest absolute Gasteiger partial charge is 0.410 e. The summed E-state index contributed by atoms with van der Waals surface area (Å²) in [5.74, 6) is -4.52. The van der Waals surface area contributed by atoms with E-state index in [0.717, 1.165) is 4.90 Å². The van der Waals surface area contributed by atoms with E-state index in [1.165, 1.54) is 24.3 Å². The number of rotatable bonds is 7. The Morgan fingerprint density at radius 1 is 1.00 bits per heavy atom. The second-order valence-electron chi connectivity index (χ2n) is 9.39. The molecule has 2 amide bonds. The minimum absolute atomic E-state index is 0.0844. The molecule has 2 aliphatic rings. The van der Waals surface area contributed by atoms with Crippen LogP contribution in [0.5, 0.6) is 0 Å². The van der Waals surface area contributed by atoms with E-state index in [1.54, 1.807) is 24.3 Å². The van der Waals surface area contributed by atoms with E-state index >= 15 is 0 Å². The predicted octanol–water partition coefficient (Wildman–Crippen LogP) is 3.90. The first-order valence-electron chi connectivity index (χ1n) is 12.0. The van der Waals surface area contributed by atoms with Crippen LogP contribution in [0.2, 0.25) is 0 Å². The highest BCUT2D eigenvalue weighted by Gasteiger charge is 2.45. The highest BCUT2D eigenvalue weighted by molar-refractivity contribution is 5.92. The Kier molecular flexibility index (Phi) is 8.01. The van der Waals surface area contributed by atoms with Crippen molar-refractivity contribution in [3.63, 3.8) is 0 Å². The zero-order valence-electron chi connectivity index (χ0n) is 20.0. The number of benzene rings is 2. The molecular weight excluding hydrogens is 491 g/mol. The van der Waals surface area contributed by atoms with Gasteiger partial charge in [-0.1, -0.05) is 24.3 Å². The molecule has 2 aromatic carbocycles. The summed E-state index contributed by atoms with van der Waals surface area (Å²) in [6, 6.07) is 10.9. The fraction of sp³-hybridized carbons (Fsp3) is 0.423. The van der Waals surface area contributed by atoms with Gasteiger partial charge in [0.05, 0.1) is 6.42 Å². The minimum atomic E-state index is -2.71. The van der Waals surface area contributed by atoms with E-state index in [4.69, 9.17) is 4.74 Å². The number of piperidine rings is 1. The van der Waals surface area contributed by atoms with Crippen molar-refractivity contribution in [3.8, 4) is 0 Å². The number of nitrogens with one attached hydrogen (secondary N) is 1. The molecule has 11 heteroatoms. The average molecular weight is 520 g/mol. The maximum atomic E-state index is 13.5. The van der Waals surface area contributed by atoms with Crippen molar-refractivity contribution in [2.24, 2.45) is 0 Å². The molecular formula is C26H28F3N3O5. The van der Waals surface area contributed by atoms with Crippen molar-refractivity contribution < 1.29 is 37.4 Å². The van der Waals surface area contributed by atoms with Gasteiger partial charge in [-0.05, 0) is 41.8 Å². The largest absolute Gasteiger partial charge is 0.480 e. The number of likely N-dealkylation sites (tertiary alicyclic amines) is 2. The highest BCUT2D eigenvalue weighted by Crippen LogP contribution is 2.32. The van der Waals surface area contributed by atoms with Gasteiger partial charge in [-0.15, -0.1) is 0 Å². The number of ether oxygens (including phenoxy) is 1. The number of nitrogens with zero attached hydrogens (tertiary/aromatic N) is 2. The Bertz CT molecular complexity index is 1120. The van der Waals surface area contributed by atoms with Crippen molar-refractivity contribution in [1.29, 1.82) is 0 Å². The SMILES string of the molecule is O=C(Cc1ccc(F)cc1)Nc1ccc(COC(=O)N2C[C@H](N3CCC(F)(F)CC3)C[C@H]2C(=O)O)cc1. The molecule has 2 heterocycles. The quantitative estimate of drug-likeness (QED) is 0.576. The summed E-state index contributed by atoms with van der Waals surface area (Å²) in [5.41, 5.74) is 1.83. The van der Waals surface area contributed by atoms with Crippen LogP contribution < -0.4 is 5.32 Å². The van der Waals surface area contributed by atoms with Crippen LogP contribution in [0, 0.1) is 5.82 Å². The zero-order valence-corrected chi connectivity index (χ0v) is 20.0. The topological polar surface area (TPSA) is 99.2 Å². The van der Waals surface area contributed by atoms with Gasteiger partial charge in [-0.2, -0.15) is 0 Å². The molecule has 8 nitrogen and oxygen atoms in total. The van der Waals surface area contributed by atoms with Gasteiger partial charge in [0.2, 0.25) is 5.91 Å². The number of carboxylic acids is 1. The number of hydrogen-bond donors (Lipinski definition) is 2. The van der Waals surface area contributed by atoms with Crippen LogP contribution >= 0.6 is 0 Å². The normalized spacial score (nSPS) is 21.4. The standard InChI is InChI=1S/C26H28F3N3O5/c27-19-5-1-17(2-6-19)13-23(33)30-20-7-3-18(4-8-20)16-37-25(36)32-15-21(14-22(32)24(34)35)31-11-9-26(28,29)10-12-31/h1-8,21-22H,9-16H2,(H,30,33)(H,34,35)/t21-,22+/m1/s1. The summed E-state index contributed by atoms with van der Waals surface area (Å²) in [6.45, 7) is 0.297. The van der Waals surface area contributed by atoms with Gasteiger partial charge in [0.1, 0.15) is 18.5 Å². The third-order valence-corrected chi connectivity index (χ3v) is 6.72. The second-order valence-corrected chi connectivity index (χ2v) is 9.39. The van der Waals surface area contributed by atoms with Crippen molar-refractivity contribution in [2.45, 2.75) is 50.3 Å². The van der Waals surface area contributed by atoms with Crippen LogP contribution in [0.15, 0.2) is 48.5 Å². The van der Waals surface area contributed by atoms with Crippen LogP contribution in [0.25, 0.3) is 0 Å². The van der Waals surface area contributed by atoms with Gasteiger partial charge in [-0.3, -0.25) is 14.6 Å². The number of halogens is 3. The molecule has 0 spiro atoms. The van der Waals surface area contributed by atoms with E-state index in [9.17, 15) is 32.7 Å². The summed E-state index contributed by atoms with van der Waals surface area (Å²) < 4.78 is 45.3. The molecule has 0 unspecified atom stereocenters. The number of carbonyl (C=O) groups excluding carboxylic acids is 2. The molecule has 2 atom stereocenters. The van der Waals surface area contributed by atoms with Crippen LogP contribution in [-0.2, 0) is 27.4 Å². The number of alkyl halides is 2. The van der Waals surface area contributed by atoms with Gasteiger partial charge >= 0.3 is 12.1 Å². The lowest BCUT2D eigenvalue weighted by molar-refractivity contribution is -0.141. The van der Waals surface area contributed by atoms with Crippen LogP contribution in [-0.4, -0.2) is 70.5 Å². The minimum Gasteiger partial charge on any atom is -0.480 e. The number of hydrogen-bond acceptors (Lipinski definition) is 5. The van der Waals surface area contributed by atoms with Crippen molar-refractivity contribution >= 4 is 23.7 Å². The lowest BCUT2D eigenvalue weighted by atomic mass is 10.0. The monoisotopic (exact) mass is 519 g/mol. The first kappa shape index (κ1) is 26.5. The molecule has 0 radical (unpaired) electrons. The number of amides is 2. The van der Waals surface area contributed by atoms with Gasteiger partial charge in [0, 0.05) is 44.2 Å². The summed E-state index contributed by atoms with van der Waals surface area (Å²) in [6.07, 6.45) is -1.11. The molecule has 37 heavy (non-hydrogen) atoms. The Balaban J connectivity index is 1.27. The Hall–Kier alpha value is -3.60. The van der Waals surface area contributed by atoms with Crippen molar-refractivity contribution in [3.05, 3.63) is 65.5 Å². The molecule has 2 aromatic rings.